The lowest BCUT2D eigenvalue weighted by atomic mass is 10.1. The number of piperazine rings is 1. The lowest BCUT2D eigenvalue weighted by Gasteiger charge is -2.31. The molecule has 2 heterocycles. The van der Waals surface area contributed by atoms with Crippen LogP contribution in [0.15, 0.2) is 5.38 Å². The van der Waals surface area contributed by atoms with Gasteiger partial charge in [-0.2, -0.15) is 0 Å². The summed E-state index contributed by atoms with van der Waals surface area (Å²) in [7, 11) is 2.18. The fourth-order valence-corrected chi connectivity index (χ4v) is 2.89. The highest BCUT2D eigenvalue weighted by atomic mass is 32.1. The molecule has 1 aromatic heterocycles. The van der Waals surface area contributed by atoms with E-state index in [4.69, 9.17) is 4.98 Å². The molecule has 1 aliphatic rings. The average Bonchev–Trinajstić information content (AvgIpc) is 2.68. The predicted octanol–water partition coefficient (Wildman–Crippen LogP) is 1.67. The van der Waals surface area contributed by atoms with Crippen LogP contribution in [-0.4, -0.2) is 36.6 Å². The maximum Gasteiger partial charge on any atom is 0.0928 e. The molecule has 0 aromatic carbocycles. The Hall–Kier alpha value is -0.450. The topological polar surface area (TPSA) is 28.2 Å². The van der Waals surface area contributed by atoms with Crippen molar-refractivity contribution in [3.05, 3.63) is 16.1 Å². The summed E-state index contributed by atoms with van der Waals surface area (Å²) < 4.78 is 0. The van der Waals surface area contributed by atoms with Crippen molar-refractivity contribution < 1.29 is 0 Å². The van der Waals surface area contributed by atoms with Crippen LogP contribution in [0.1, 0.15) is 30.1 Å². The molecule has 2 rings (SSSR count). The summed E-state index contributed by atoms with van der Waals surface area (Å²) in [5, 5.41) is 6.93. The van der Waals surface area contributed by atoms with Gasteiger partial charge in [-0.15, -0.1) is 11.3 Å². The number of hydrogen-bond acceptors (Lipinski definition) is 4. The Balaban J connectivity index is 2.06. The van der Waals surface area contributed by atoms with Gasteiger partial charge in [0, 0.05) is 25.0 Å². The van der Waals surface area contributed by atoms with E-state index < -0.39 is 0 Å². The van der Waals surface area contributed by atoms with Gasteiger partial charge in [0.2, 0.25) is 0 Å². The molecule has 1 N–H and O–H groups in total. The van der Waals surface area contributed by atoms with Gasteiger partial charge < -0.3 is 5.32 Å². The Morgan fingerprint density at radius 2 is 2.53 bits per heavy atom. The van der Waals surface area contributed by atoms with Crippen LogP contribution in [0.25, 0.3) is 0 Å². The molecule has 1 aliphatic heterocycles. The second-order valence-electron chi connectivity index (χ2n) is 4.12. The zero-order valence-corrected chi connectivity index (χ0v) is 10.3. The van der Waals surface area contributed by atoms with E-state index in [2.05, 4.69) is 29.6 Å². The number of aryl methyl sites for hydroxylation is 1. The molecule has 0 bridgehead atoms. The van der Waals surface area contributed by atoms with Gasteiger partial charge in [-0.25, -0.2) is 4.98 Å². The molecule has 0 saturated carbocycles. The molecule has 15 heavy (non-hydrogen) atoms. The van der Waals surface area contributed by atoms with E-state index in [9.17, 15) is 0 Å². The van der Waals surface area contributed by atoms with Crippen molar-refractivity contribution >= 4 is 11.3 Å². The molecule has 0 radical (unpaired) electrons. The summed E-state index contributed by atoms with van der Waals surface area (Å²) in [5.74, 6) is 0. The fourth-order valence-electron chi connectivity index (χ4n) is 1.94. The molecular weight excluding hydrogens is 206 g/mol. The van der Waals surface area contributed by atoms with Crippen molar-refractivity contribution in [2.45, 2.75) is 25.8 Å². The second kappa shape index (κ2) is 5.05. The summed E-state index contributed by atoms with van der Waals surface area (Å²) in [6, 6.07) is 0.473. The fraction of sp³-hybridized carbons (Fsp3) is 0.727. The van der Waals surface area contributed by atoms with Gasteiger partial charge in [0.1, 0.15) is 0 Å². The summed E-state index contributed by atoms with van der Waals surface area (Å²) in [5.41, 5.74) is 1.25. The molecule has 1 aromatic rings. The van der Waals surface area contributed by atoms with Crippen molar-refractivity contribution in [2.24, 2.45) is 0 Å². The first kappa shape index (κ1) is 11.0. The molecule has 1 saturated heterocycles. The molecular formula is C11H19N3S. The Morgan fingerprint density at radius 1 is 1.67 bits per heavy atom. The van der Waals surface area contributed by atoms with Crippen LogP contribution in [0.2, 0.25) is 0 Å². The van der Waals surface area contributed by atoms with E-state index in [1.165, 1.54) is 17.1 Å². The average molecular weight is 225 g/mol. The van der Waals surface area contributed by atoms with E-state index in [1.54, 1.807) is 11.3 Å². The van der Waals surface area contributed by atoms with E-state index in [1.807, 2.05) is 0 Å². The minimum Gasteiger partial charge on any atom is -0.313 e. The van der Waals surface area contributed by atoms with Crippen LogP contribution in [0.4, 0.5) is 0 Å². The van der Waals surface area contributed by atoms with Gasteiger partial charge >= 0.3 is 0 Å². The van der Waals surface area contributed by atoms with E-state index in [0.717, 1.165) is 26.1 Å². The van der Waals surface area contributed by atoms with Crippen LogP contribution in [-0.2, 0) is 6.42 Å². The first-order valence-corrected chi connectivity index (χ1v) is 6.54. The summed E-state index contributed by atoms with van der Waals surface area (Å²) >= 11 is 1.80. The van der Waals surface area contributed by atoms with E-state index in [0.29, 0.717) is 6.04 Å². The highest BCUT2D eigenvalue weighted by Gasteiger charge is 2.22. The summed E-state index contributed by atoms with van der Waals surface area (Å²) in [4.78, 5) is 7.10. The molecule has 84 valence electrons. The summed E-state index contributed by atoms with van der Waals surface area (Å²) in [6.07, 6.45) is 2.31. The Kier molecular flexibility index (Phi) is 3.72. The molecule has 0 spiro atoms. The standard InChI is InChI=1S/C11H19N3S/c1-3-4-11-13-9(8-15-11)10-7-12-5-6-14(10)2/h8,10,12H,3-7H2,1-2H3. The molecule has 1 unspecified atom stereocenters. The number of nitrogens with zero attached hydrogens (tertiary/aromatic N) is 2. The Bertz CT molecular complexity index is 311. The van der Waals surface area contributed by atoms with Gasteiger partial charge in [0.15, 0.2) is 0 Å². The zero-order valence-electron chi connectivity index (χ0n) is 9.49. The smallest absolute Gasteiger partial charge is 0.0928 e. The van der Waals surface area contributed by atoms with Crippen LogP contribution in [0.3, 0.4) is 0 Å². The van der Waals surface area contributed by atoms with Gasteiger partial charge in [-0.05, 0) is 19.9 Å². The zero-order chi connectivity index (χ0) is 10.7. The minimum absolute atomic E-state index is 0.473. The first-order chi connectivity index (χ1) is 7.31. The van der Waals surface area contributed by atoms with Crippen LogP contribution >= 0.6 is 11.3 Å². The van der Waals surface area contributed by atoms with Gasteiger partial charge in [0.25, 0.3) is 0 Å². The number of hydrogen-bond donors (Lipinski definition) is 1. The van der Waals surface area contributed by atoms with Crippen molar-refractivity contribution in [1.29, 1.82) is 0 Å². The Labute approximate surface area is 95.5 Å². The number of rotatable bonds is 3. The number of aromatic nitrogens is 1. The van der Waals surface area contributed by atoms with Crippen molar-refractivity contribution in [2.75, 3.05) is 26.7 Å². The largest absolute Gasteiger partial charge is 0.313 e. The molecule has 1 atom stereocenters. The highest BCUT2D eigenvalue weighted by Crippen LogP contribution is 2.22. The molecule has 1 fully saturated rings. The predicted molar refractivity (Wildman–Crippen MR) is 64.3 cm³/mol. The SMILES string of the molecule is CCCc1nc(C2CNCCN2C)cs1. The van der Waals surface area contributed by atoms with E-state index >= 15 is 0 Å². The second-order valence-corrected chi connectivity index (χ2v) is 5.06. The van der Waals surface area contributed by atoms with Crippen LogP contribution < -0.4 is 5.32 Å². The third-order valence-electron chi connectivity index (χ3n) is 2.89. The molecule has 4 heteroatoms. The lowest BCUT2D eigenvalue weighted by molar-refractivity contribution is 0.199. The normalized spacial score (nSPS) is 23.2. The maximum absolute atomic E-state index is 4.71. The molecule has 0 amide bonds. The first-order valence-electron chi connectivity index (χ1n) is 5.66. The van der Waals surface area contributed by atoms with E-state index in [-0.39, 0.29) is 0 Å². The van der Waals surface area contributed by atoms with Crippen molar-refractivity contribution in [1.82, 2.24) is 15.2 Å². The Morgan fingerprint density at radius 3 is 3.27 bits per heavy atom. The number of likely N-dealkylation sites (N-methyl/N-ethyl adjacent to an activating group) is 1. The van der Waals surface area contributed by atoms with Crippen molar-refractivity contribution in [3.63, 3.8) is 0 Å². The van der Waals surface area contributed by atoms with Crippen LogP contribution in [0, 0.1) is 0 Å². The number of nitrogens with one attached hydrogen (secondary N) is 1. The van der Waals surface area contributed by atoms with Crippen LogP contribution in [0.5, 0.6) is 0 Å². The van der Waals surface area contributed by atoms with Gasteiger partial charge in [0.05, 0.1) is 16.7 Å². The third-order valence-corrected chi connectivity index (χ3v) is 3.81. The lowest BCUT2D eigenvalue weighted by Crippen LogP contribution is -2.43. The monoisotopic (exact) mass is 225 g/mol. The molecule has 0 aliphatic carbocycles. The highest BCUT2D eigenvalue weighted by molar-refractivity contribution is 7.09. The number of thiazole rings is 1. The molecule has 3 nitrogen and oxygen atoms in total. The maximum atomic E-state index is 4.71. The van der Waals surface area contributed by atoms with Gasteiger partial charge in [-0.1, -0.05) is 6.92 Å². The summed E-state index contributed by atoms with van der Waals surface area (Å²) in [6.45, 7) is 5.45. The third kappa shape index (κ3) is 2.56. The minimum atomic E-state index is 0.473. The quantitative estimate of drug-likeness (QED) is 0.848. The van der Waals surface area contributed by atoms with Gasteiger partial charge in [-0.3, -0.25) is 4.90 Å². The van der Waals surface area contributed by atoms with Crippen molar-refractivity contribution in [3.8, 4) is 0 Å².